The molecule has 16 heavy (non-hydrogen) atoms. The van der Waals surface area contributed by atoms with E-state index in [0.29, 0.717) is 5.82 Å². The molecule has 0 aliphatic heterocycles. The molecule has 9 heteroatoms. The molecular formula is C7H7N5O4. The summed E-state index contributed by atoms with van der Waals surface area (Å²) in [6.45, 7) is -0.479. The highest BCUT2D eigenvalue weighted by Gasteiger charge is 2.11. The molecule has 2 aromatic heterocycles. The third-order valence-corrected chi connectivity index (χ3v) is 1.55. The molecule has 0 radical (unpaired) electrons. The van der Waals surface area contributed by atoms with Crippen molar-refractivity contribution in [2.24, 2.45) is 0 Å². The third-order valence-electron chi connectivity index (χ3n) is 1.55. The van der Waals surface area contributed by atoms with E-state index in [1.807, 2.05) is 0 Å². The minimum atomic E-state index is -1.06. The number of carboxylic acids is 1. The zero-order valence-corrected chi connectivity index (χ0v) is 7.95. The fourth-order valence-corrected chi connectivity index (χ4v) is 0.949. The Kier molecular flexibility index (Phi) is 2.87. The van der Waals surface area contributed by atoms with E-state index in [-0.39, 0.29) is 18.3 Å². The summed E-state index contributed by atoms with van der Waals surface area (Å²) in [5.41, 5.74) is 0. The highest BCUT2D eigenvalue weighted by Crippen LogP contribution is 2.08. The van der Waals surface area contributed by atoms with E-state index in [4.69, 9.17) is 14.4 Å². The van der Waals surface area contributed by atoms with Crippen LogP contribution in [0.25, 0.3) is 11.6 Å². The summed E-state index contributed by atoms with van der Waals surface area (Å²) in [5.74, 6) is -0.276. The molecule has 0 aromatic carbocycles. The maximum absolute atomic E-state index is 10.2. The molecule has 0 atom stereocenters. The zero-order valence-electron chi connectivity index (χ0n) is 7.95. The first-order valence-electron chi connectivity index (χ1n) is 4.23. The van der Waals surface area contributed by atoms with Gasteiger partial charge in [0.1, 0.15) is 19.5 Å². The summed E-state index contributed by atoms with van der Waals surface area (Å²) in [6.07, 6.45) is 1.31. The number of hydrogen-bond donors (Lipinski definition) is 2. The second-order valence-corrected chi connectivity index (χ2v) is 2.73. The largest absolute Gasteiger partial charge is 0.480 e. The summed E-state index contributed by atoms with van der Waals surface area (Å²) in [4.78, 5) is 17.9. The fraction of sp³-hybridized carbons (Fsp3) is 0.286. The van der Waals surface area contributed by atoms with Crippen molar-refractivity contribution >= 4 is 5.97 Å². The second-order valence-electron chi connectivity index (χ2n) is 2.73. The van der Waals surface area contributed by atoms with Gasteiger partial charge in [0.25, 0.3) is 5.89 Å². The van der Waals surface area contributed by atoms with Crippen LogP contribution in [-0.4, -0.2) is 43.0 Å². The van der Waals surface area contributed by atoms with E-state index in [1.165, 1.54) is 6.33 Å². The summed E-state index contributed by atoms with van der Waals surface area (Å²) >= 11 is 0. The number of hydrogen-bond acceptors (Lipinski definition) is 7. The van der Waals surface area contributed by atoms with Gasteiger partial charge in [-0.1, -0.05) is 5.16 Å². The van der Waals surface area contributed by atoms with Crippen molar-refractivity contribution in [2.45, 2.75) is 6.61 Å². The van der Waals surface area contributed by atoms with Crippen LogP contribution in [0.15, 0.2) is 10.9 Å². The van der Waals surface area contributed by atoms with Crippen molar-refractivity contribution in [3.8, 4) is 11.6 Å². The van der Waals surface area contributed by atoms with Gasteiger partial charge < -0.3 is 14.4 Å². The molecule has 84 valence electrons. The van der Waals surface area contributed by atoms with Crippen molar-refractivity contribution in [2.75, 3.05) is 6.61 Å². The van der Waals surface area contributed by atoms with Gasteiger partial charge in [-0.25, -0.2) is 9.78 Å². The molecule has 0 saturated carbocycles. The Morgan fingerprint density at radius 2 is 2.50 bits per heavy atom. The SMILES string of the molecule is O=C(O)COCc1nc(-c2ncn[nH]2)no1. The van der Waals surface area contributed by atoms with E-state index in [0.717, 1.165) is 0 Å². The molecule has 2 heterocycles. The Morgan fingerprint density at radius 3 is 3.19 bits per heavy atom. The average molecular weight is 225 g/mol. The highest BCUT2D eigenvalue weighted by atomic mass is 16.5. The van der Waals surface area contributed by atoms with Crippen LogP contribution in [0.2, 0.25) is 0 Å². The van der Waals surface area contributed by atoms with Gasteiger partial charge in [-0.05, 0) is 0 Å². The molecular weight excluding hydrogens is 218 g/mol. The van der Waals surface area contributed by atoms with Crippen LogP contribution in [0.4, 0.5) is 0 Å². The third kappa shape index (κ3) is 2.39. The monoisotopic (exact) mass is 225 g/mol. The molecule has 0 saturated heterocycles. The van der Waals surface area contributed by atoms with Crippen LogP contribution in [0.1, 0.15) is 5.89 Å². The smallest absolute Gasteiger partial charge is 0.329 e. The van der Waals surface area contributed by atoms with E-state index in [1.54, 1.807) is 0 Å². The number of aromatic amines is 1. The zero-order chi connectivity index (χ0) is 11.4. The number of nitrogens with zero attached hydrogens (tertiary/aromatic N) is 4. The standard InChI is InChI=1S/C7H7N5O4/c13-5(14)2-15-1-4-10-7(12-16-4)6-8-3-9-11-6/h3H,1-2H2,(H,13,14)(H,8,9,11). The predicted octanol–water partition coefficient (Wildman–Crippen LogP) is -0.544. The number of H-pyrrole nitrogens is 1. The Balaban J connectivity index is 1.95. The highest BCUT2D eigenvalue weighted by molar-refractivity contribution is 5.67. The number of aliphatic carboxylic acids is 1. The normalized spacial score (nSPS) is 10.5. The van der Waals surface area contributed by atoms with Gasteiger partial charge in [-0.2, -0.15) is 10.1 Å². The number of aromatic nitrogens is 5. The van der Waals surface area contributed by atoms with Gasteiger partial charge in [-0.15, -0.1) is 0 Å². The number of rotatable bonds is 5. The summed E-state index contributed by atoms with van der Waals surface area (Å²) in [7, 11) is 0. The van der Waals surface area contributed by atoms with E-state index in [9.17, 15) is 4.79 Å². The number of carboxylic acid groups (broad SMARTS) is 1. The maximum Gasteiger partial charge on any atom is 0.329 e. The van der Waals surface area contributed by atoms with E-state index in [2.05, 4.69) is 25.3 Å². The Hall–Kier alpha value is -2.29. The fourth-order valence-electron chi connectivity index (χ4n) is 0.949. The van der Waals surface area contributed by atoms with Gasteiger partial charge in [0.05, 0.1) is 0 Å². The molecule has 0 aliphatic rings. The van der Waals surface area contributed by atoms with Gasteiger partial charge in [0.2, 0.25) is 5.82 Å². The first kappa shape index (κ1) is 10.2. The lowest BCUT2D eigenvalue weighted by Crippen LogP contribution is -2.06. The second kappa shape index (κ2) is 4.49. The molecule has 2 N–H and O–H groups in total. The van der Waals surface area contributed by atoms with Gasteiger partial charge in [0, 0.05) is 0 Å². The Bertz CT molecular complexity index is 465. The lowest BCUT2D eigenvalue weighted by atomic mass is 10.6. The molecule has 0 fully saturated rings. The maximum atomic E-state index is 10.2. The molecule has 9 nitrogen and oxygen atoms in total. The quantitative estimate of drug-likeness (QED) is 0.694. The van der Waals surface area contributed by atoms with Crippen LogP contribution < -0.4 is 0 Å². The average Bonchev–Trinajstić information content (AvgIpc) is 2.85. The molecule has 2 aromatic rings. The Morgan fingerprint density at radius 1 is 1.62 bits per heavy atom. The summed E-state index contributed by atoms with van der Waals surface area (Å²) in [5, 5.41) is 18.1. The van der Waals surface area contributed by atoms with E-state index >= 15 is 0 Å². The Labute approximate surface area is 88.5 Å². The number of carbonyl (C=O) groups is 1. The van der Waals surface area contributed by atoms with Gasteiger partial charge >= 0.3 is 5.97 Å². The van der Waals surface area contributed by atoms with Crippen LogP contribution in [0, 0.1) is 0 Å². The predicted molar refractivity (Wildman–Crippen MR) is 47.0 cm³/mol. The topological polar surface area (TPSA) is 127 Å². The van der Waals surface area contributed by atoms with Crippen LogP contribution in [0.5, 0.6) is 0 Å². The van der Waals surface area contributed by atoms with Gasteiger partial charge in [-0.3, -0.25) is 5.10 Å². The molecule has 0 aliphatic carbocycles. The molecule has 0 amide bonds. The molecule has 2 rings (SSSR count). The number of ether oxygens (including phenoxy) is 1. The number of nitrogens with one attached hydrogen (secondary N) is 1. The van der Waals surface area contributed by atoms with Crippen molar-refractivity contribution < 1.29 is 19.2 Å². The van der Waals surface area contributed by atoms with Crippen molar-refractivity contribution in [1.82, 2.24) is 25.3 Å². The summed E-state index contributed by atoms with van der Waals surface area (Å²) in [6, 6.07) is 0. The first-order valence-corrected chi connectivity index (χ1v) is 4.23. The van der Waals surface area contributed by atoms with Crippen LogP contribution in [-0.2, 0) is 16.1 Å². The lowest BCUT2D eigenvalue weighted by molar-refractivity contribution is -0.142. The van der Waals surface area contributed by atoms with Crippen molar-refractivity contribution in [3.63, 3.8) is 0 Å². The van der Waals surface area contributed by atoms with Gasteiger partial charge in [0.15, 0.2) is 5.82 Å². The minimum absolute atomic E-state index is 0.0621. The van der Waals surface area contributed by atoms with E-state index < -0.39 is 12.6 Å². The first-order chi connectivity index (χ1) is 7.75. The molecule has 0 unspecified atom stereocenters. The molecule has 0 spiro atoms. The minimum Gasteiger partial charge on any atom is -0.480 e. The van der Waals surface area contributed by atoms with Crippen LogP contribution in [0.3, 0.4) is 0 Å². The van der Waals surface area contributed by atoms with Crippen molar-refractivity contribution in [3.05, 3.63) is 12.2 Å². The van der Waals surface area contributed by atoms with Crippen molar-refractivity contribution in [1.29, 1.82) is 0 Å². The summed E-state index contributed by atoms with van der Waals surface area (Å²) < 4.78 is 9.57. The molecule has 0 bridgehead atoms. The van der Waals surface area contributed by atoms with Crippen LogP contribution >= 0.6 is 0 Å². The lowest BCUT2D eigenvalue weighted by Gasteiger charge is -1.93.